The summed E-state index contributed by atoms with van der Waals surface area (Å²) >= 11 is 0. The molecule has 0 bridgehead atoms. The molecule has 0 radical (unpaired) electrons. The van der Waals surface area contributed by atoms with Gasteiger partial charge in [0.05, 0.1) is 0 Å². The summed E-state index contributed by atoms with van der Waals surface area (Å²) in [5.41, 5.74) is 1.15. The van der Waals surface area contributed by atoms with E-state index in [9.17, 15) is 4.79 Å². The molecule has 0 spiro atoms. The molecule has 0 aromatic carbocycles. The van der Waals surface area contributed by atoms with Gasteiger partial charge < -0.3 is 5.32 Å². The van der Waals surface area contributed by atoms with Crippen molar-refractivity contribution in [1.29, 1.82) is 0 Å². The summed E-state index contributed by atoms with van der Waals surface area (Å²) in [5.74, 6) is 0.286. The molecule has 0 saturated heterocycles. The standard InChI is InChI=1S/C15H27NO/c1-3-4-5-6-7-8-9-10-14-12-15(17)11-13(2)16-14/h12-13,16H,3-11H2,1-2H3/t13-/m1/s1. The Morgan fingerprint density at radius 1 is 1.18 bits per heavy atom. The third-order valence-corrected chi connectivity index (χ3v) is 3.32. The van der Waals surface area contributed by atoms with Crippen molar-refractivity contribution in [3.8, 4) is 0 Å². The monoisotopic (exact) mass is 237 g/mol. The normalized spacial score (nSPS) is 20.0. The van der Waals surface area contributed by atoms with E-state index in [0.717, 1.165) is 12.1 Å². The minimum atomic E-state index is 0.286. The van der Waals surface area contributed by atoms with Crippen LogP contribution in [0.4, 0.5) is 0 Å². The summed E-state index contributed by atoms with van der Waals surface area (Å²) in [5, 5.41) is 3.40. The predicted octanol–water partition coefficient (Wildman–Crippen LogP) is 3.96. The van der Waals surface area contributed by atoms with Crippen molar-refractivity contribution in [2.24, 2.45) is 0 Å². The van der Waals surface area contributed by atoms with Crippen molar-refractivity contribution in [2.45, 2.75) is 77.7 Å². The number of carbonyl (C=O) groups is 1. The predicted molar refractivity (Wildman–Crippen MR) is 72.9 cm³/mol. The third kappa shape index (κ3) is 6.50. The Morgan fingerprint density at radius 3 is 2.47 bits per heavy atom. The van der Waals surface area contributed by atoms with Crippen molar-refractivity contribution in [2.75, 3.05) is 0 Å². The highest BCUT2D eigenvalue weighted by Crippen LogP contribution is 2.14. The molecule has 2 nitrogen and oxygen atoms in total. The van der Waals surface area contributed by atoms with Gasteiger partial charge in [0.2, 0.25) is 0 Å². The van der Waals surface area contributed by atoms with Crippen molar-refractivity contribution in [1.82, 2.24) is 5.32 Å². The molecule has 0 fully saturated rings. The van der Waals surface area contributed by atoms with Gasteiger partial charge in [0.25, 0.3) is 0 Å². The van der Waals surface area contributed by atoms with Gasteiger partial charge in [0.15, 0.2) is 5.78 Å². The zero-order valence-corrected chi connectivity index (χ0v) is 11.4. The van der Waals surface area contributed by atoms with Crippen LogP contribution in [-0.2, 0) is 4.79 Å². The maximum Gasteiger partial charge on any atom is 0.159 e. The summed E-state index contributed by atoms with van der Waals surface area (Å²) in [4.78, 5) is 11.4. The van der Waals surface area contributed by atoms with Gasteiger partial charge in [-0.15, -0.1) is 0 Å². The SMILES string of the molecule is CCCCCCCCCC1=CC(=O)C[C@@H](C)N1. The molecule has 17 heavy (non-hydrogen) atoms. The molecule has 0 saturated carbocycles. The van der Waals surface area contributed by atoms with Crippen LogP contribution in [0.1, 0.15) is 71.6 Å². The molecule has 1 N–H and O–H groups in total. The van der Waals surface area contributed by atoms with E-state index in [1.807, 2.05) is 0 Å². The van der Waals surface area contributed by atoms with Gasteiger partial charge >= 0.3 is 0 Å². The van der Waals surface area contributed by atoms with E-state index < -0.39 is 0 Å². The molecular weight excluding hydrogens is 210 g/mol. The van der Waals surface area contributed by atoms with Crippen LogP contribution >= 0.6 is 0 Å². The summed E-state index contributed by atoms with van der Waals surface area (Å²) < 4.78 is 0. The van der Waals surface area contributed by atoms with E-state index in [1.165, 1.54) is 44.9 Å². The van der Waals surface area contributed by atoms with E-state index >= 15 is 0 Å². The second kappa shape index (κ2) is 8.32. The maximum absolute atomic E-state index is 11.4. The molecular formula is C15H27NO. The summed E-state index contributed by atoms with van der Waals surface area (Å²) in [7, 11) is 0. The molecule has 98 valence electrons. The first kappa shape index (κ1) is 14.3. The lowest BCUT2D eigenvalue weighted by Gasteiger charge is -2.21. The zero-order chi connectivity index (χ0) is 12.5. The Balaban J connectivity index is 2.04. The number of rotatable bonds is 8. The van der Waals surface area contributed by atoms with E-state index in [0.29, 0.717) is 12.5 Å². The third-order valence-electron chi connectivity index (χ3n) is 3.32. The lowest BCUT2D eigenvalue weighted by Crippen LogP contribution is -2.32. The quantitative estimate of drug-likeness (QED) is 0.647. The molecule has 0 aliphatic carbocycles. The largest absolute Gasteiger partial charge is 0.385 e. The fourth-order valence-corrected chi connectivity index (χ4v) is 2.38. The van der Waals surface area contributed by atoms with E-state index in [1.54, 1.807) is 6.08 Å². The number of hydrogen-bond acceptors (Lipinski definition) is 2. The molecule has 1 atom stereocenters. The molecule has 1 rings (SSSR count). The van der Waals surface area contributed by atoms with Gasteiger partial charge in [-0.3, -0.25) is 4.79 Å². The van der Waals surface area contributed by atoms with Crippen LogP contribution < -0.4 is 5.32 Å². The number of hydrogen-bond donors (Lipinski definition) is 1. The first-order valence-electron chi connectivity index (χ1n) is 7.22. The highest BCUT2D eigenvalue weighted by atomic mass is 16.1. The molecule has 0 aromatic heterocycles. The zero-order valence-electron chi connectivity index (χ0n) is 11.4. The highest BCUT2D eigenvalue weighted by Gasteiger charge is 2.14. The Kier molecular flexibility index (Phi) is 6.99. The van der Waals surface area contributed by atoms with E-state index in [4.69, 9.17) is 0 Å². The smallest absolute Gasteiger partial charge is 0.159 e. The fraction of sp³-hybridized carbons (Fsp3) is 0.800. The molecule has 0 aromatic rings. The first-order chi connectivity index (χ1) is 8.22. The van der Waals surface area contributed by atoms with Crippen LogP contribution in [0.2, 0.25) is 0 Å². The summed E-state index contributed by atoms with van der Waals surface area (Å²) in [6.07, 6.45) is 12.8. The summed E-state index contributed by atoms with van der Waals surface area (Å²) in [6.45, 7) is 4.33. The van der Waals surface area contributed by atoms with Crippen molar-refractivity contribution in [3.63, 3.8) is 0 Å². The van der Waals surface area contributed by atoms with E-state index in [-0.39, 0.29) is 5.78 Å². The lowest BCUT2D eigenvalue weighted by molar-refractivity contribution is -0.115. The van der Waals surface area contributed by atoms with Crippen molar-refractivity contribution in [3.05, 3.63) is 11.8 Å². The van der Waals surface area contributed by atoms with Crippen molar-refractivity contribution < 1.29 is 4.79 Å². The maximum atomic E-state index is 11.4. The highest BCUT2D eigenvalue weighted by molar-refractivity contribution is 5.91. The minimum Gasteiger partial charge on any atom is -0.385 e. The van der Waals surface area contributed by atoms with Crippen molar-refractivity contribution >= 4 is 5.78 Å². The average molecular weight is 237 g/mol. The van der Waals surface area contributed by atoms with Crippen LogP contribution in [0, 0.1) is 0 Å². The average Bonchev–Trinajstić information content (AvgIpc) is 2.26. The van der Waals surface area contributed by atoms with E-state index in [2.05, 4.69) is 19.2 Å². The Morgan fingerprint density at radius 2 is 1.82 bits per heavy atom. The molecule has 1 aliphatic rings. The topological polar surface area (TPSA) is 29.1 Å². The fourth-order valence-electron chi connectivity index (χ4n) is 2.38. The number of allylic oxidation sites excluding steroid dienone is 2. The number of carbonyl (C=O) groups excluding carboxylic acids is 1. The second-order valence-electron chi connectivity index (χ2n) is 5.26. The summed E-state index contributed by atoms with van der Waals surface area (Å²) in [6, 6.07) is 0.326. The van der Waals surface area contributed by atoms with Gasteiger partial charge in [-0.2, -0.15) is 0 Å². The Bertz CT molecular complexity index is 258. The Labute approximate surface area is 106 Å². The number of unbranched alkanes of at least 4 members (excludes halogenated alkanes) is 6. The lowest BCUT2D eigenvalue weighted by atomic mass is 10.0. The Hall–Kier alpha value is -0.790. The molecule has 1 heterocycles. The van der Waals surface area contributed by atoms with Gasteiger partial charge in [-0.05, 0) is 19.8 Å². The molecule has 0 amide bonds. The van der Waals surface area contributed by atoms with Gasteiger partial charge in [-0.25, -0.2) is 0 Å². The van der Waals surface area contributed by atoms with Crippen LogP contribution in [0.3, 0.4) is 0 Å². The van der Waals surface area contributed by atoms with Crippen LogP contribution in [0.15, 0.2) is 11.8 Å². The first-order valence-corrected chi connectivity index (χ1v) is 7.22. The van der Waals surface area contributed by atoms with Gasteiger partial charge in [-0.1, -0.05) is 45.4 Å². The molecule has 0 unspecified atom stereocenters. The number of nitrogens with one attached hydrogen (secondary N) is 1. The second-order valence-corrected chi connectivity index (χ2v) is 5.26. The molecule has 2 heteroatoms. The number of ketones is 1. The van der Waals surface area contributed by atoms with Crippen LogP contribution in [0.25, 0.3) is 0 Å². The minimum absolute atomic E-state index is 0.286. The molecule has 1 aliphatic heterocycles. The van der Waals surface area contributed by atoms with Gasteiger partial charge in [0.1, 0.15) is 0 Å². The van der Waals surface area contributed by atoms with Crippen LogP contribution in [-0.4, -0.2) is 11.8 Å². The van der Waals surface area contributed by atoms with Gasteiger partial charge in [0, 0.05) is 24.2 Å². The van der Waals surface area contributed by atoms with Crippen LogP contribution in [0.5, 0.6) is 0 Å².